The summed E-state index contributed by atoms with van der Waals surface area (Å²) in [6.45, 7) is 0. The van der Waals surface area contributed by atoms with E-state index >= 15 is 0 Å². The van der Waals surface area contributed by atoms with E-state index in [-0.39, 0.29) is 0 Å². The zero-order valence-corrected chi connectivity index (χ0v) is 12.9. The van der Waals surface area contributed by atoms with Gasteiger partial charge in [0.25, 0.3) is 0 Å². The van der Waals surface area contributed by atoms with Gasteiger partial charge in [-0.3, -0.25) is 0 Å². The molecule has 0 aliphatic heterocycles. The average molecular weight is 302 g/mol. The van der Waals surface area contributed by atoms with Gasteiger partial charge in [0.15, 0.2) is 5.17 Å². The Hall–Kier alpha value is -2.14. The predicted octanol–water partition coefficient (Wildman–Crippen LogP) is 3.58. The Bertz CT molecular complexity index is 612. The van der Waals surface area contributed by atoms with Gasteiger partial charge in [0.2, 0.25) is 0 Å². The van der Waals surface area contributed by atoms with E-state index in [9.17, 15) is 0 Å². The highest BCUT2D eigenvalue weighted by Gasteiger charge is 2.03. The van der Waals surface area contributed by atoms with Gasteiger partial charge in [0.1, 0.15) is 11.5 Å². The molecule has 0 saturated heterocycles. The van der Waals surface area contributed by atoms with Crippen molar-refractivity contribution in [3.05, 3.63) is 54.1 Å². The molecular weight excluding hydrogens is 284 g/mol. The van der Waals surface area contributed by atoms with Crippen LogP contribution in [-0.2, 0) is 5.75 Å². The number of nitrogens with two attached hydrogens (primary N) is 1. The van der Waals surface area contributed by atoms with Gasteiger partial charge in [-0.25, -0.2) is 4.99 Å². The van der Waals surface area contributed by atoms with Crippen LogP contribution in [0.4, 0.5) is 5.69 Å². The van der Waals surface area contributed by atoms with Crippen molar-refractivity contribution in [2.75, 3.05) is 14.2 Å². The van der Waals surface area contributed by atoms with E-state index < -0.39 is 0 Å². The Kier molecular flexibility index (Phi) is 5.51. The number of ether oxygens (including phenoxy) is 2. The molecule has 0 amide bonds. The summed E-state index contributed by atoms with van der Waals surface area (Å²) in [5, 5.41) is 0.520. The molecule has 21 heavy (non-hydrogen) atoms. The van der Waals surface area contributed by atoms with Crippen LogP contribution in [0.2, 0.25) is 0 Å². The fraction of sp³-hybridized carbons (Fsp3) is 0.188. The minimum atomic E-state index is 0.520. The molecule has 0 radical (unpaired) electrons. The molecule has 2 aromatic carbocycles. The summed E-state index contributed by atoms with van der Waals surface area (Å²) in [6.07, 6.45) is 0. The second-order valence-electron chi connectivity index (χ2n) is 4.25. The lowest BCUT2D eigenvalue weighted by Crippen LogP contribution is -2.06. The molecule has 0 aliphatic carbocycles. The molecule has 0 atom stereocenters. The second-order valence-corrected chi connectivity index (χ2v) is 5.24. The lowest BCUT2D eigenvalue weighted by molar-refractivity contribution is 0.411. The fourth-order valence-electron chi connectivity index (χ4n) is 1.79. The van der Waals surface area contributed by atoms with Crippen molar-refractivity contribution >= 4 is 22.6 Å². The maximum Gasteiger partial charge on any atom is 0.159 e. The highest BCUT2D eigenvalue weighted by molar-refractivity contribution is 8.13. The molecule has 0 aromatic heterocycles. The molecule has 110 valence electrons. The van der Waals surface area contributed by atoms with Crippen LogP contribution >= 0.6 is 11.8 Å². The van der Waals surface area contributed by atoms with Crippen molar-refractivity contribution in [2.45, 2.75) is 5.75 Å². The van der Waals surface area contributed by atoms with Crippen molar-refractivity contribution < 1.29 is 9.47 Å². The van der Waals surface area contributed by atoms with E-state index in [1.165, 1.54) is 11.8 Å². The van der Waals surface area contributed by atoms with E-state index in [0.29, 0.717) is 5.17 Å². The summed E-state index contributed by atoms with van der Waals surface area (Å²) < 4.78 is 10.4. The van der Waals surface area contributed by atoms with Crippen LogP contribution in [0.15, 0.2) is 53.5 Å². The number of thioether (sulfide) groups is 1. The van der Waals surface area contributed by atoms with Gasteiger partial charge in [-0.2, -0.15) is 0 Å². The zero-order valence-electron chi connectivity index (χ0n) is 12.1. The predicted molar refractivity (Wildman–Crippen MR) is 88.6 cm³/mol. The third-order valence-electron chi connectivity index (χ3n) is 2.88. The van der Waals surface area contributed by atoms with Gasteiger partial charge in [0, 0.05) is 11.3 Å². The summed E-state index contributed by atoms with van der Waals surface area (Å²) in [5.41, 5.74) is 7.86. The van der Waals surface area contributed by atoms with E-state index in [0.717, 1.165) is 28.5 Å². The molecule has 0 bridgehead atoms. The average Bonchev–Trinajstić information content (AvgIpc) is 2.54. The summed E-state index contributed by atoms with van der Waals surface area (Å²) in [6, 6.07) is 15.3. The topological polar surface area (TPSA) is 56.8 Å². The quantitative estimate of drug-likeness (QED) is 0.677. The molecule has 2 aromatic rings. The first kappa shape index (κ1) is 15.3. The van der Waals surface area contributed by atoms with Crippen molar-refractivity contribution in [2.24, 2.45) is 10.7 Å². The van der Waals surface area contributed by atoms with Crippen molar-refractivity contribution in [1.29, 1.82) is 0 Å². The first-order valence-corrected chi connectivity index (χ1v) is 7.44. The smallest absolute Gasteiger partial charge is 0.159 e. The monoisotopic (exact) mass is 302 g/mol. The highest BCUT2D eigenvalue weighted by atomic mass is 32.2. The number of hydrogen-bond acceptors (Lipinski definition) is 4. The SMILES string of the molecule is COc1ccc(N=C(N)SCc2ccccc2OC)cc1. The minimum Gasteiger partial charge on any atom is -0.497 e. The third kappa shape index (κ3) is 4.43. The van der Waals surface area contributed by atoms with E-state index in [4.69, 9.17) is 15.2 Å². The highest BCUT2D eigenvalue weighted by Crippen LogP contribution is 2.24. The molecule has 0 spiro atoms. The Balaban J connectivity index is 2.00. The van der Waals surface area contributed by atoms with E-state index in [1.807, 2.05) is 48.5 Å². The molecule has 0 aliphatic rings. The summed E-state index contributed by atoms with van der Waals surface area (Å²) in [4.78, 5) is 4.37. The van der Waals surface area contributed by atoms with Crippen LogP contribution in [0.5, 0.6) is 11.5 Å². The van der Waals surface area contributed by atoms with Crippen LogP contribution in [-0.4, -0.2) is 19.4 Å². The third-order valence-corrected chi connectivity index (χ3v) is 3.72. The van der Waals surface area contributed by atoms with Crippen LogP contribution < -0.4 is 15.2 Å². The lowest BCUT2D eigenvalue weighted by Gasteiger charge is -2.07. The number of rotatable bonds is 5. The van der Waals surface area contributed by atoms with Gasteiger partial charge in [-0.1, -0.05) is 30.0 Å². The number of para-hydroxylation sites is 1. The van der Waals surface area contributed by atoms with Crippen LogP contribution in [0.3, 0.4) is 0 Å². The number of methoxy groups -OCH3 is 2. The maximum absolute atomic E-state index is 5.96. The normalized spacial score (nSPS) is 11.2. The van der Waals surface area contributed by atoms with Crippen molar-refractivity contribution in [3.63, 3.8) is 0 Å². The van der Waals surface area contributed by atoms with Gasteiger partial charge >= 0.3 is 0 Å². The van der Waals surface area contributed by atoms with E-state index in [1.54, 1.807) is 14.2 Å². The number of aliphatic imine (C=N–C) groups is 1. The van der Waals surface area contributed by atoms with Gasteiger partial charge < -0.3 is 15.2 Å². The maximum atomic E-state index is 5.96. The lowest BCUT2D eigenvalue weighted by atomic mass is 10.2. The molecule has 0 fully saturated rings. The first-order valence-electron chi connectivity index (χ1n) is 6.46. The summed E-state index contributed by atoms with van der Waals surface area (Å²) >= 11 is 1.48. The molecule has 5 heteroatoms. The Morgan fingerprint density at radius 3 is 2.43 bits per heavy atom. The van der Waals surface area contributed by atoms with Crippen molar-refractivity contribution in [3.8, 4) is 11.5 Å². The molecule has 0 heterocycles. The number of hydrogen-bond donors (Lipinski definition) is 1. The Morgan fingerprint density at radius 2 is 1.76 bits per heavy atom. The Morgan fingerprint density at radius 1 is 1.05 bits per heavy atom. The van der Waals surface area contributed by atoms with Crippen LogP contribution in [0, 0.1) is 0 Å². The standard InChI is InChI=1S/C16H18N2O2S/c1-19-14-9-7-13(8-10-14)18-16(17)21-11-12-5-3-4-6-15(12)20-2/h3-10H,11H2,1-2H3,(H2,17,18). The zero-order chi connectivity index (χ0) is 15.1. The van der Waals surface area contributed by atoms with Gasteiger partial charge in [-0.15, -0.1) is 0 Å². The van der Waals surface area contributed by atoms with Crippen LogP contribution in [0.1, 0.15) is 5.56 Å². The Labute approximate surface area is 129 Å². The van der Waals surface area contributed by atoms with Crippen molar-refractivity contribution in [1.82, 2.24) is 0 Å². The number of amidine groups is 1. The number of nitrogens with zero attached hydrogens (tertiary/aromatic N) is 1. The summed E-state index contributed by atoms with van der Waals surface area (Å²) in [5.74, 6) is 2.38. The fourth-order valence-corrected chi connectivity index (χ4v) is 2.50. The van der Waals surface area contributed by atoms with Gasteiger partial charge in [0.05, 0.1) is 19.9 Å². The largest absolute Gasteiger partial charge is 0.497 e. The number of benzene rings is 2. The van der Waals surface area contributed by atoms with Crippen LogP contribution in [0.25, 0.3) is 0 Å². The van der Waals surface area contributed by atoms with E-state index in [2.05, 4.69) is 4.99 Å². The molecule has 2 N–H and O–H groups in total. The molecule has 4 nitrogen and oxygen atoms in total. The molecule has 2 rings (SSSR count). The molecular formula is C16H18N2O2S. The summed E-state index contributed by atoms with van der Waals surface area (Å²) in [7, 11) is 3.30. The second kappa shape index (κ2) is 7.59. The first-order chi connectivity index (χ1) is 10.2. The van der Waals surface area contributed by atoms with Gasteiger partial charge in [-0.05, 0) is 30.3 Å². The molecule has 0 saturated carbocycles. The molecule has 0 unspecified atom stereocenters. The minimum absolute atomic E-state index is 0.520.